The lowest BCUT2D eigenvalue weighted by Gasteiger charge is -2.66. The maximum Gasteiger partial charge on any atom is 0.254 e. The van der Waals surface area contributed by atoms with Gasteiger partial charge >= 0.3 is 0 Å². The summed E-state index contributed by atoms with van der Waals surface area (Å²) in [6, 6.07) is 3.69. The number of hydrogen-bond acceptors (Lipinski definition) is 5. The highest BCUT2D eigenvalue weighted by atomic mass is 16.5. The zero-order valence-electron chi connectivity index (χ0n) is 17.4. The molecular weight excluding hydrogens is 370 g/mol. The Hall–Kier alpha value is -1.92. The van der Waals surface area contributed by atoms with Crippen LogP contribution in [0.2, 0.25) is 0 Å². The average Bonchev–Trinajstić information content (AvgIpc) is 2.94. The Kier molecular flexibility index (Phi) is 3.69. The number of ether oxygens (including phenoxy) is 1. The fraction of sp³-hybridized carbons (Fsp3) is 0.652. The normalized spacial score (nSPS) is 42.1. The van der Waals surface area contributed by atoms with E-state index in [0.29, 0.717) is 22.8 Å². The van der Waals surface area contributed by atoms with Gasteiger partial charge in [0.1, 0.15) is 17.5 Å². The number of rotatable bonds is 0. The lowest BCUT2D eigenvalue weighted by atomic mass is 9.43. The van der Waals surface area contributed by atoms with E-state index in [-0.39, 0.29) is 29.4 Å². The first-order chi connectivity index (χ1) is 13.5. The van der Waals surface area contributed by atoms with Crippen LogP contribution in [0.5, 0.6) is 5.75 Å². The van der Waals surface area contributed by atoms with E-state index in [0.717, 1.165) is 24.8 Å². The Morgan fingerprint density at radius 3 is 2.59 bits per heavy atom. The van der Waals surface area contributed by atoms with Gasteiger partial charge in [-0.1, -0.05) is 33.8 Å². The number of fused-ring (bicyclic) bond motifs is 3. The minimum atomic E-state index is -1.10. The van der Waals surface area contributed by atoms with E-state index in [1.165, 1.54) is 0 Å². The Balaban J connectivity index is 1.74. The number of carbonyl (C=O) groups excluding carboxylic acids is 2. The van der Waals surface area contributed by atoms with Gasteiger partial charge in [-0.15, -0.1) is 0 Å². The molecular formula is C23H29NO5. The van der Waals surface area contributed by atoms with Gasteiger partial charge in [0.25, 0.3) is 5.91 Å². The van der Waals surface area contributed by atoms with Gasteiger partial charge in [-0.3, -0.25) is 9.59 Å². The van der Waals surface area contributed by atoms with Crippen molar-refractivity contribution in [2.45, 2.75) is 71.3 Å². The van der Waals surface area contributed by atoms with Gasteiger partial charge in [-0.05, 0) is 36.8 Å². The van der Waals surface area contributed by atoms with Crippen LogP contribution in [-0.4, -0.2) is 33.6 Å². The van der Waals surface area contributed by atoms with Gasteiger partial charge < -0.3 is 20.3 Å². The molecule has 5 rings (SSSR count). The summed E-state index contributed by atoms with van der Waals surface area (Å²) in [6.07, 6.45) is 0.658. The third kappa shape index (κ3) is 2.14. The first-order valence-corrected chi connectivity index (χ1v) is 10.6. The molecule has 3 N–H and O–H groups in total. The van der Waals surface area contributed by atoms with Gasteiger partial charge in [-0.2, -0.15) is 0 Å². The molecule has 6 nitrogen and oxygen atoms in total. The van der Waals surface area contributed by atoms with Crippen LogP contribution in [0.15, 0.2) is 12.1 Å². The standard InChI is InChI=1S/C23H29NO5/c1-11-5-8-15-21(2,3)18(26)14(25)10-23(15)22(11,4)9-12-6-7-13-16(17(12)29-23)20(28)24-19(13)27/h6-7,11,14-15,20,25,28H,5,8-10H2,1-4H3,(H,24,27)/t11-,14+,15-,20+,22+,23-/m0/s1. The first-order valence-electron chi connectivity index (χ1n) is 10.6. The fourth-order valence-electron chi connectivity index (χ4n) is 6.86. The highest BCUT2D eigenvalue weighted by Crippen LogP contribution is 2.65. The molecule has 2 saturated carbocycles. The molecule has 1 aromatic rings. The Morgan fingerprint density at radius 2 is 1.86 bits per heavy atom. The largest absolute Gasteiger partial charge is 0.485 e. The maximum absolute atomic E-state index is 12.9. The van der Waals surface area contributed by atoms with E-state index >= 15 is 0 Å². The molecule has 29 heavy (non-hydrogen) atoms. The number of carbonyl (C=O) groups is 2. The van der Waals surface area contributed by atoms with Crippen molar-refractivity contribution in [1.29, 1.82) is 0 Å². The number of aliphatic hydroxyl groups is 2. The molecule has 0 bridgehead atoms. The van der Waals surface area contributed by atoms with E-state index in [1.807, 2.05) is 19.9 Å². The summed E-state index contributed by atoms with van der Waals surface area (Å²) >= 11 is 0. The van der Waals surface area contributed by atoms with Crippen molar-refractivity contribution in [2.75, 3.05) is 0 Å². The van der Waals surface area contributed by atoms with Crippen molar-refractivity contribution in [2.24, 2.45) is 22.7 Å². The Bertz CT molecular complexity index is 939. The summed E-state index contributed by atoms with van der Waals surface area (Å²) in [5, 5.41) is 23.8. The zero-order valence-corrected chi connectivity index (χ0v) is 17.4. The molecule has 0 radical (unpaired) electrons. The van der Waals surface area contributed by atoms with Crippen LogP contribution in [0.25, 0.3) is 0 Å². The van der Waals surface area contributed by atoms with Crippen LogP contribution in [0.3, 0.4) is 0 Å². The lowest BCUT2D eigenvalue weighted by molar-refractivity contribution is -0.224. The fourth-order valence-corrected chi connectivity index (χ4v) is 6.86. The molecule has 0 unspecified atom stereocenters. The third-order valence-electron chi connectivity index (χ3n) is 8.72. The smallest absolute Gasteiger partial charge is 0.254 e. The van der Waals surface area contributed by atoms with E-state index in [1.54, 1.807) is 6.07 Å². The highest BCUT2D eigenvalue weighted by molar-refractivity contribution is 6.00. The van der Waals surface area contributed by atoms with Crippen molar-refractivity contribution in [3.05, 3.63) is 28.8 Å². The van der Waals surface area contributed by atoms with E-state index in [2.05, 4.69) is 19.2 Å². The monoisotopic (exact) mass is 399 g/mol. The molecule has 1 aromatic carbocycles. The minimum absolute atomic E-state index is 0.0432. The second-order valence-electron chi connectivity index (χ2n) is 10.3. The second kappa shape index (κ2) is 5.61. The summed E-state index contributed by atoms with van der Waals surface area (Å²) in [5.41, 5.74) is 0.199. The molecule has 2 heterocycles. The van der Waals surface area contributed by atoms with Crippen LogP contribution in [0.1, 0.15) is 74.7 Å². The van der Waals surface area contributed by atoms with E-state index in [9.17, 15) is 19.8 Å². The van der Waals surface area contributed by atoms with Crippen LogP contribution < -0.4 is 10.1 Å². The Labute approximate surface area is 170 Å². The predicted octanol–water partition coefficient (Wildman–Crippen LogP) is 2.51. The van der Waals surface area contributed by atoms with E-state index in [4.69, 9.17) is 4.74 Å². The van der Waals surface area contributed by atoms with Gasteiger partial charge in [-0.25, -0.2) is 0 Å². The number of ketones is 1. The molecule has 1 spiro atoms. The van der Waals surface area contributed by atoms with Crippen LogP contribution in [0.4, 0.5) is 0 Å². The zero-order chi connectivity index (χ0) is 20.9. The molecule has 2 aliphatic carbocycles. The highest BCUT2D eigenvalue weighted by Gasteiger charge is 2.69. The molecule has 0 saturated heterocycles. The quantitative estimate of drug-likeness (QED) is 0.623. The number of nitrogens with one attached hydrogen (secondary N) is 1. The number of benzene rings is 1. The van der Waals surface area contributed by atoms with Gasteiger partial charge in [0, 0.05) is 23.2 Å². The van der Waals surface area contributed by atoms with Crippen LogP contribution in [-0.2, 0) is 11.2 Å². The minimum Gasteiger partial charge on any atom is -0.485 e. The third-order valence-corrected chi connectivity index (χ3v) is 8.72. The van der Waals surface area contributed by atoms with Crippen molar-refractivity contribution in [1.82, 2.24) is 5.32 Å². The molecule has 4 aliphatic rings. The number of aliphatic hydroxyl groups excluding tert-OH is 2. The van der Waals surface area contributed by atoms with E-state index < -0.39 is 23.3 Å². The number of amides is 1. The molecule has 2 fully saturated rings. The van der Waals surface area contributed by atoms with Gasteiger partial charge in [0.15, 0.2) is 12.0 Å². The molecule has 1 amide bonds. The predicted molar refractivity (Wildman–Crippen MR) is 105 cm³/mol. The summed E-state index contributed by atoms with van der Waals surface area (Å²) in [5.74, 6) is 0.439. The van der Waals surface area contributed by atoms with Gasteiger partial charge in [0.2, 0.25) is 0 Å². The topological polar surface area (TPSA) is 95.9 Å². The molecule has 6 atom stereocenters. The average molecular weight is 399 g/mol. The molecule has 2 aliphatic heterocycles. The second-order valence-corrected chi connectivity index (χ2v) is 10.3. The maximum atomic E-state index is 12.9. The summed E-state index contributed by atoms with van der Waals surface area (Å²) in [7, 11) is 0. The lowest BCUT2D eigenvalue weighted by Crippen LogP contribution is -2.72. The van der Waals surface area contributed by atoms with Crippen LogP contribution >= 0.6 is 0 Å². The van der Waals surface area contributed by atoms with Crippen molar-refractivity contribution < 1.29 is 24.5 Å². The first kappa shape index (κ1) is 19.1. The SMILES string of the molecule is C[C@H]1CC[C@H]2C(C)(C)C(=O)[C@H](O)C[C@]23Oc2c(ccc4c2[C@@H](O)NC4=O)C[C@]13C. The molecule has 156 valence electrons. The summed E-state index contributed by atoms with van der Waals surface area (Å²) < 4.78 is 6.85. The number of Topliss-reactive ketones (excluding diaryl/α,β-unsaturated/α-hetero) is 1. The summed E-state index contributed by atoms with van der Waals surface area (Å²) in [4.78, 5) is 25.1. The van der Waals surface area contributed by atoms with Gasteiger partial charge in [0.05, 0.1) is 11.1 Å². The van der Waals surface area contributed by atoms with Crippen LogP contribution in [0, 0.1) is 22.7 Å². The van der Waals surface area contributed by atoms with Crippen molar-refractivity contribution in [3.8, 4) is 5.75 Å². The van der Waals surface area contributed by atoms with Crippen molar-refractivity contribution in [3.63, 3.8) is 0 Å². The summed E-state index contributed by atoms with van der Waals surface area (Å²) in [6.45, 7) is 8.30. The molecule has 6 heteroatoms. The van der Waals surface area contributed by atoms with Crippen molar-refractivity contribution >= 4 is 11.7 Å². The molecule has 0 aromatic heterocycles. The number of hydrogen-bond donors (Lipinski definition) is 3. The Morgan fingerprint density at radius 1 is 1.14 bits per heavy atom.